The molecular weight excluding hydrogens is 408 g/mol. The fourth-order valence-electron chi connectivity index (χ4n) is 3.77. The largest absolute Gasteiger partial charge is 0.444 e. The first-order chi connectivity index (χ1) is 15.0. The summed E-state index contributed by atoms with van der Waals surface area (Å²) in [5.74, 6) is 0.428. The summed E-state index contributed by atoms with van der Waals surface area (Å²) in [6.07, 6.45) is 3.55. The lowest BCUT2D eigenvalue weighted by Gasteiger charge is -2.07. The number of carbonyl (C=O) groups excluding carboxylic acids is 1. The number of anilines is 1. The summed E-state index contributed by atoms with van der Waals surface area (Å²) in [5.41, 5.74) is 7.35. The van der Waals surface area contributed by atoms with Gasteiger partial charge in [0, 0.05) is 18.5 Å². The second-order valence-corrected chi connectivity index (χ2v) is 9.20. The Morgan fingerprint density at radius 2 is 2.06 bits per heavy atom. The molecule has 1 aliphatic carbocycles. The van der Waals surface area contributed by atoms with E-state index in [1.165, 1.54) is 22.5 Å². The summed E-state index contributed by atoms with van der Waals surface area (Å²) in [6, 6.07) is 12.3. The second kappa shape index (κ2) is 7.81. The van der Waals surface area contributed by atoms with Crippen molar-refractivity contribution in [1.82, 2.24) is 14.5 Å². The average Bonchev–Trinajstić information content (AvgIpc) is 3.41. The molecule has 2 aromatic carbocycles. The van der Waals surface area contributed by atoms with E-state index in [1.54, 1.807) is 6.33 Å². The van der Waals surface area contributed by atoms with Gasteiger partial charge in [-0.3, -0.25) is 5.32 Å². The summed E-state index contributed by atoms with van der Waals surface area (Å²) in [6.45, 7) is 4.38. The minimum atomic E-state index is -0.459. The summed E-state index contributed by atoms with van der Waals surface area (Å²) in [7, 11) is 1.96. The first kappa shape index (κ1) is 19.8. The molecule has 1 amide bonds. The number of benzene rings is 2. The third kappa shape index (κ3) is 4.05. The summed E-state index contributed by atoms with van der Waals surface area (Å²) in [4.78, 5) is 21.8. The molecule has 0 unspecified atom stereocenters. The summed E-state index contributed by atoms with van der Waals surface area (Å²) < 4.78 is 7.45. The van der Waals surface area contributed by atoms with Crippen molar-refractivity contribution in [1.29, 1.82) is 0 Å². The van der Waals surface area contributed by atoms with E-state index in [-0.39, 0.29) is 6.61 Å². The maximum Gasteiger partial charge on any atom is 0.412 e. The van der Waals surface area contributed by atoms with Crippen molar-refractivity contribution < 1.29 is 9.53 Å². The molecule has 0 radical (unpaired) electrons. The van der Waals surface area contributed by atoms with Crippen LogP contribution in [0.2, 0.25) is 0 Å². The molecule has 0 atom stereocenters. The monoisotopic (exact) mass is 432 g/mol. The lowest BCUT2D eigenvalue weighted by atomic mass is 10.1. The van der Waals surface area contributed by atoms with Gasteiger partial charge >= 0.3 is 6.09 Å². The van der Waals surface area contributed by atoms with Gasteiger partial charge in [0.25, 0.3) is 0 Å². The highest BCUT2D eigenvalue weighted by atomic mass is 32.1. The topological polar surface area (TPSA) is 69.0 Å². The molecule has 31 heavy (non-hydrogen) atoms. The first-order valence-corrected chi connectivity index (χ1v) is 11.2. The highest BCUT2D eigenvalue weighted by Crippen LogP contribution is 2.47. The molecule has 0 spiro atoms. The van der Waals surface area contributed by atoms with Gasteiger partial charge in [0.15, 0.2) is 0 Å². The van der Waals surface area contributed by atoms with Crippen LogP contribution in [0.4, 0.5) is 9.80 Å². The lowest BCUT2D eigenvalue weighted by molar-refractivity contribution is 0.155. The van der Waals surface area contributed by atoms with Gasteiger partial charge in [0.05, 0.1) is 23.1 Å². The zero-order valence-corrected chi connectivity index (χ0v) is 18.6. The number of imidazole rings is 1. The number of aryl methyl sites for hydroxylation is 3. The van der Waals surface area contributed by atoms with E-state index in [1.807, 2.05) is 29.8 Å². The van der Waals surface area contributed by atoms with Crippen molar-refractivity contribution in [3.8, 4) is 10.6 Å². The van der Waals surface area contributed by atoms with E-state index >= 15 is 0 Å². The van der Waals surface area contributed by atoms with Gasteiger partial charge in [0.1, 0.15) is 16.6 Å². The highest BCUT2D eigenvalue weighted by molar-refractivity contribution is 7.19. The minimum Gasteiger partial charge on any atom is -0.444 e. The number of aromatic nitrogens is 3. The maximum atomic E-state index is 12.5. The van der Waals surface area contributed by atoms with Gasteiger partial charge < -0.3 is 9.30 Å². The number of fused-ring (bicyclic) bond motifs is 1. The van der Waals surface area contributed by atoms with Crippen LogP contribution in [-0.2, 0) is 18.4 Å². The summed E-state index contributed by atoms with van der Waals surface area (Å²) >= 11 is 1.52. The number of carbonyl (C=O) groups is 1. The molecule has 1 fully saturated rings. The smallest absolute Gasteiger partial charge is 0.412 e. The zero-order chi connectivity index (χ0) is 21.5. The van der Waals surface area contributed by atoms with E-state index in [4.69, 9.17) is 9.72 Å². The van der Waals surface area contributed by atoms with Crippen LogP contribution >= 0.6 is 11.3 Å². The van der Waals surface area contributed by atoms with Crippen molar-refractivity contribution in [2.75, 3.05) is 5.32 Å². The van der Waals surface area contributed by atoms with Gasteiger partial charge in [-0.05, 0) is 49.9 Å². The van der Waals surface area contributed by atoms with Gasteiger partial charge in [-0.25, -0.2) is 14.8 Å². The molecule has 0 aliphatic heterocycles. The standard InChI is InChI=1S/C24H24N4O2S/c1-14-4-8-18(15(2)10-14)22-26-21(17-6-7-17)23(31-22)27-24(29)30-12-16-5-9-20-19(11-16)25-13-28(20)3/h4-5,8-11,13,17H,6-7,12H2,1-3H3,(H,27,29). The number of amides is 1. The molecule has 2 aromatic heterocycles. The molecule has 1 aliphatic rings. The molecule has 2 heterocycles. The average molecular weight is 433 g/mol. The van der Waals surface area contributed by atoms with E-state index in [0.717, 1.165) is 50.7 Å². The Balaban J connectivity index is 1.31. The maximum absolute atomic E-state index is 12.5. The number of hydrogen-bond acceptors (Lipinski definition) is 5. The van der Waals surface area contributed by atoms with Crippen LogP contribution in [0.1, 0.15) is 41.1 Å². The molecule has 1 saturated carbocycles. The highest BCUT2D eigenvalue weighted by Gasteiger charge is 2.31. The minimum absolute atomic E-state index is 0.194. The third-order valence-electron chi connectivity index (χ3n) is 5.61. The lowest BCUT2D eigenvalue weighted by Crippen LogP contribution is -2.13. The molecule has 158 valence electrons. The van der Waals surface area contributed by atoms with Crippen LogP contribution in [0.3, 0.4) is 0 Å². The van der Waals surface area contributed by atoms with Crippen molar-refractivity contribution in [3.05, 3.63) is 65.1 Å². The molecule has 0 saturated heterocycles. The van der Waals surface area contributed by atoms with Gasteiger partial charge in [-0.15, -0.1) is 0 Å². The zero-order valence-electron chi connectivity index (χ0n) is 17.8. The Morgan fingerprint density at radius 3 is 2.84 bits per heavy atom. The van der Waals surface area contributed by atoms with Crippen molar-refractivity contribution in [2.24, 2.45) is 7.05 Å². The van der Waals surface area contributed by atoms with E-state index in [9.17, 15) is 4.79 Å². The van der Waals surface area contributed by atoms with Crippen LogP contribution in [0, 0.1) is 13.8 Å². The summed E-state index contributed by atoms with van der Waals surface area (Å²) in [5, 5.41) is 4.67. The van der Waals surface area contributed by atoms with E-state index in [0.29, 0.717) is 5.92 Å². The third-order valence-corrected chi connectivity index (χ3v) is 6.62. The second-order valence-electron chi connectivity index (χ2n) is 8.21. The Labute approximate surface area is 184 Å². The molecule has 1 N–H and O–H groups in total. The van der Waals surface area contributed by atoms with Gasteiger partial charge in [0.2, 0.25) is 0 Å². The number of nitrogens with one attached hydrogen (secondary N) is 1. The predicted octanol–water partition coefficient (Wildman–Crippen LogP) is 5.94. The van der Waals surface area contributed by atoms with Crippen molar-refractivity contribution >= 4 is 33.5 Å². The Bertz CT molecular complexity index is 1290. The Hall–Kier alpha value is -3.19. The normalized spacial score (nSPS) is 13.5. The van der Waals surface area contributed by atoms with Crippen LogP contribution in [0.25, 0.3) is 21.6 Å². The first-order valence-electron chi connectivity index (χ1n) is 10.4. The van der Waals surface area contributed by atoms with Crippen molar-refractivity contribution in [2.45, 2.75) is 39.2 Å². The molecule has 0 bridgehead atoms. The van der Waals surface area contributed by atoms with Gasteiger partial charge in [-0.1, -0.05) is 41.2 Å². The van der Waals surface area contributed by atoms with Crippen LogP contribution in [0.5, 0.6) is 0 Å². The number of ether oxygens (including phenoxy) is 1. The van der Waals surface area contributed by atoms with Gasteiger partial charge in [-0.2, -0.15) is 0 Å². The van der Waals surface area contributed by atoms with Crippen molar-refractivity contribution in [3.63, 3.8) is 0 Å². The van der Waals surface area contributed by atoms with Crippen LogP contribution < -0.4 is 5.32 Å². The Kier molecular flexibility index (Phi) is 4.98. The number of rotatable bonds is 5. The molecule has 5 rings (SSSR count). The fraction of sp³-hybridized carbons (Fsp3) is 0.292. The molecule has 6 nitrogen and oxygen atoms in total. The van der Waals surface area contributed by atoms with Crippen LogP contribution in [-0.4, -0.2) is 20.6 Å². The van der Waals surface area contributed by atoms with E-state index in [2.05, 4.69) is 42.3 Å². The number of hydrogen-bond donors (Lipinski definition) is 1. The molecular formula is C24H24N4O2S. The quantitative estimate of drug-likeness (QED) is 0.424. The fourth-order valence-corrected chi connectivity index (χ4v) is 4.90. The Morgan fingerprint density at radius 1 is 1.23 bits per heavy atom. The molecule has 4 aromatic rings. The van der Waals surface area contributed by atoms with Crippen LogP contribution in [0.15, 0.2) is 42.7 Å². The number of nitrogens with zero attached hydrogens (tertiary/aromatic N) is 3. The molecule has 7 heteroatoms. The SMILES string of the molecule is Cc1ccc(-c2nc(C3CC3)c(NC(=O)OCc3ccc4c(c3)ncn4C)s2)c(C)c1. The number of thiazole rings is 1. The predicted molar refractivity (Wildman–Crippen MR) is 124 cm³/mol. The van der Waals surface area contributed by atoms with E-state index < -0.39 is 6.09 Å².